The van der Waals surface area contributed by atoms with E-state index in [4.69, 9.17) is 15.6 Å². The van der Waals surface area contributed by atoms with Crippen molar-refractivity contribution in [1.82, 2.24) is 5.32 Å². The molecule has 0 saturated heterocycles. The first kappa shape index (κ1) is 17.5. The van der Waals surface area contributed by atoms with Crippen LogP contribution in [0, 0.1) is 13.8 Å². The summed E-state index contributed by atoms with van der Waals surface area (Å²) in [5.74, 6) is -1.84. The van der Waals surface area contributed by atoms with Crippen molar-refractivity contribution in [1.29, 1.82) is 0 Å². The number of hydrogen-bond acceptors (Lipinski definition) is 4. The van der Waals surface area contributed by atoms with Gasteiger partial charge in [0, 0.05) is 6.42 Å². The summed E-state index contributed by atoms with van der Waals surface area (Å²) in [6.45, 7) is 3.45. The Morgan fingerprint density at radius 2 is 2.00 bits per heavy atom. The predicted molar refractivity (Wildman–Crippen MR) is 79.4 cm³/mol. The molecule has 0 aromatic heterocycles. The number of rotatable bonds is 8. The second kappa shape index (κ2) is 8.02. The van der Waals surface area contributed by atoms with E-state index in [1.54, 1.807) is 6.07 Å². The number of carboxylic acids is 1. The van der Waals surface area contributed by atoms with Gasteiger partial charge in [0.15, 0.2) is 6.61 Å². The molecular weight excluding hydrogens is 288 g/mol. The van der Waals surface area contributed by atoms with E-state index < -0.39 is 23.8 Å². The number of nitrogens with two attached hydrogens (primary N) is 1. The van der Waals surface area contributed by atoms with Gasteiger partial charge in [-0.3, -0.25) is 9.59 Å². The van der Waals surface area contributed by atoms with Crippen LogP contribution < -0.4 is 15.8 Å². The summed E-state index contributed by atoms with van der Waals surface area (Å²) < 4.78 is 5.39. The SMILES string of the molecule is Cc1ccc(C)c(OCC(=O)NC(CCC(N)=O)C(=O)O)c1. The minimum absolute atomic E-state index is 0.0557. The fourth-order valence-electron chi connectivity index (χ4n) is 1.79. The molecule has 0 heterocycles. The highest BCUT2D eigenvalue weighted by Crippen LogP contribution is 2.18. The van der Waals surface area contributed by atoms with Crippen molar-refractivity contribution in [2.75, 3.05) is 6.61 Å². The number of ether oxygens (including phenoxy) is 1. The van der Waals surface area contributed by atoms with Crippen molar-refractivity contribution < 1.29 is 24.2 Å². The number of benzene rings is 1. The third-order valence-corrected chi connectivity index (χ3v) is 3.02. The largest absolute Gasteiger partial charge is 0.483 e. The summed E-state index contributed by atoms with van der Waals surface area (Å²) in [6, 6.07) is 4.43. The number of carboxylic acid groups (broad SMARTS) is 1. The summed E-state index contributed by atoms with van der Waals surface area (Å²) in [5.41, 5.74) is 6.84. The number of nitrogens with one attached hydrogen (secondary N) is 1. The first-order valence-corrected chi connectivity index (χ1v) is 6.80. The van der Waals surface area contributed by atoms with Crippen molar-refractivity contribution in [2.45, 2.75) is 32.7 Å². The van der Waals surface area contributed by atoms with Crippen molar-refractivity contribution in [3.05, 3.63) is 29.3 Å². The molecule has 0 spiro atoms. The fraction of sp³-hybridized carbons (Fsp3) is 0.400. The number of aryl methyl sites for hydroxylation is 2. The van der Waals surface area contributed by atoms with Gasteiger partial charge in [0.25, 0.3) is 5.91 Å². The molecule has 0 aliphatic heterocycles. The molecule has 1 rings (SSSR count). The van der Waals surface area contributed by atoms with Gasteiger partial charge in [-0.25, -0.2) is 4.79 Å². The number of carbonyl (C=O) groups is 3. The smallest absolute Gasteiger partial charge is 0.326 e. The standard InChI is InChI=1S/C15H20N2O5/c1-9-3-4-10(2)12(7-9)22-8-14(19)17-11(15(20)21)5-6-13(16)18/h3-4,7,11H,5-6,8H2,1-2H3,(H2,16,18)(H,17,19)(H,20,21). The van der Waals surface area contributed by atoms with Gasteiger partial charge >= 0.3 is 5.97 Å². The van der Waals surface area contributed by atoms with Gasteiger partial charge in [-0.05, 0) is 37.5 Å². The van der Waals surface area contributed by atoms with E-state index in [2.05, 4.69) is 5.32 Å². The Kier molecular flexibility index (Phi) is 6.37. The Morgan fingerprint density at radius 3 is 2.59 bits per heavy atom. The molecule has 2 amide bonds. The number of hydrogen-bond donors (Lipinski definition) is 3. The van der Waals surface area contributed by atoms with Gasteiger partial charge in [-0.1, -0.05) is 12.1 Å². The topological polar surface area (TPSA) is 119 Å². The number of aliphatic carboxylic acids is 1. The minimum atomic E-state index is -1.22. The molecule has 7 nitrogen and oxygen atoms in total. The molecule has 120 valence electrons. The van der Waals surface area contributed by atoms with E-state index in [1.807, 2.05) is 26.0 Å². The molecule has 0 aliphatic carbocycles. The fourth-order valence-corrected chi connectivity index (χ4v) is 1.79. The molecule has 7 heteroatoms. The summed E-state index contributed by atoms with van der Waals surface area (Å²) in [4.78, 5) is 33.5. The molecule has 0 radical (unpaired) electrons. The Morgan fingerprint density at radius 1 is 1.32 bits per heavy atom. The minimum Gasteiger partial charge on any atom is -0.483 e. The quantitative estimate of drug-likeness (QED) is 0.647. The molecule has 1 aromatic rings. The van der Waals surface area contributed by atoms with Crippen LogP contribution in [-0.4, -0.2) is 35.5 Å². The Labute approximate surface area is 128 Å². The predicted octanol–water partition coefficient (Wildman–Crippen LogP) is 0.517. The molecule has 0 aliphatic rings. The van der Waals surface area contributed by atoms with Crippen molar-refractivity contribution in [3.8, 4) is 5.75 Å². The Bertz CT molecular complexity index is 571. The van der Waals surface area contributed by atoms with E-state index in [9.17, 15) is 14.4 Å². The monoisotopic (exact) mass is 308 g/mol. The molecule has 1 aromatic carbocycles. The van der Waals surface area contributed by atoms with Crippen LogP contribution in [0.5, 0.6) is 5.75 Å². The van der Waals surface area contributed by atoms with Crippen molar-refractivity contribution >= 4 is 17.8 Å². The van der Waals surface area contributed by atoms with E-state index >= 15 is 0 Å². The molecule has 4 N–H and O–H groups in total. The second-order valence-corrected chi connectivity index (χ2v) is 5.02. The molecule has 1 atom stereocenters. The Hall–Kier alpha value is -2.57. The van der Waals surface area contributed by atoms with Gasteiger partial charge in [0.1, 0.15) is 11.8 Å². The van der Waals surface area contributed by atoms with Gasteiger partial charge in [0.2, 0.25) is 5.91 Å². The molecule has 22 heavy (non-hydrogen) atoms. The third-order valence-electron chi connectivity index (χ3n) is 3.02. The summed E-state index contributed by atoms with van der Waals surface area (Å²) in [6.07, 6.45) is -0.172. The summed E-state index contributed by atoms with van der Waals surface area (Å²) in [7, 11) is 0. The first-order chi connectivity index (χ1) is 10.3. The third kappa shape index (κ3) is 5.82. The van der Waals surface area contributed by atoms with Gasteiger partial charge < -0.3 is 20.9 Å². The van der Waals surface area contributed by atoms with Gasteiger partial charge in [-0.15, -0.1) is 0 Å². The average Bonchev–Trinajstić information content (AvgIpc) is 2.43. The maximum absolute atomic E-state index is 11.8. The van der Waals surface area contributed by atoms with E-state index in [-0.39, 0.29) is 19.4 Å². The van der Waals surface area contributed by atoms with E-state index in [0.717, 1.165) is 11.1 Å². The van der Waals surface area contributed by atoms with Gasteiger partial charge in [0.05, 0.1) is 0 Å². The molecule has 0 fully saturated rings. The number of amides is 2. The highest BCUT2D eigenvalue weighted by Gasteiger charge is 2.20. The van der Waals surface area contributed by atoms with Crippen LogP contribution in [0.2, 0.25) is 0 Å². The zero-order valence-electron chi connectivity index (χ0n) is 12.6. The normalized spacial score (nSPS) is 11.5. The summed E-state index contributed by atoms with van der Waals surface area (Å²) in [5, 5.41) is 11.3. The van der Waals surface area contributed by atoms with Crippen LogP contribution in [0.4, 0.5) is 0 Å². The van der Waals surface area contributed by atoms with Crippen LogP contribution in [0.25, 0.3) is 0 Å². The highest BCUT2D eigenvalue weighted by molar-refractivity contribution is 5.85. The van der Waals surface area contributed by atoms with Crippen LogP contribution in [0.3, 0.4) is 0 Å². The van der Waals surface area contributed by atoms with Gasteiger partial charge in [-0.2, -0.15) is 0 Å². The zero-order valence-corrected chi connectivity index (χ0v) is 12.6. The molecular formula is C15H20N2O5. The van der Waals surface area contributed by atoms with Crippen LogP contribution in [-0.2, 0) is 14.4 Å². The van der Waals surface area contributed by atoms with E-state index in [0.29, 0.717) is 5.75 Å². The van der Waals surface area contributed by atoms with Crippen molar-refractivity contribution in [3.63, 3.8) is 0 Å². The lowest BCUT2D eigenvalue weighted by Gasteiger charge is -2.15. The van der Waals surface area contributed by atoms with Crippen LogP contribution in [0.1, 0.15) is 24.0 Å². The first-order valence-electron chi connectivity index (χ1n) is 6.80. The van der Waals surface area contributed by atoms with Crippen LogP contribution in [0.15, 0.2) is 18.2 Å². The Balaban J connectivity index is 2.55. The lowest BCUT2D eigenvalue weighted by atomic mass is 10.1. The van der Waals surface area contributed by atoms with Crippen molar-refractivity contribution in [2.24, 2.45) is 5.73 Å². The summed E-state index contributed by atoms with van der Waals surface area (Å²) >= 11 is 0. The molecule has 1 unspecified atom stereocenters. The molecule has 0 bridgehead atoms. The zero-order chi connectivity index (χ0) is 16.7. The lowest BCUT2D eigenvalue weighted by molar-refractivity contribution is -0.142. The number of carbonyl (C=O) groups excluding carboxylic acids is 2. The second-order valence-electron chi connectivity index (χ2n) is 5.02. The highest BCUT2D eigenvalue weighted by atomic mass is 16.5. The molecule has 0 saturated carbocycles. The van der Waals surface area contributed by atoms with E-state index in [1.165, 1.54) is 0 Å². The number of primary amides is 1. The lowest BCUT2D eigenvalue weighted by Crippen LogP contribution is -2.43. The maximum atomic E-state index is 11.8. The average molecular weight is 308 g/mol. The van der Waals surface area contributed by atoms with Crippen LogP contribution >= 0.6 is 0 Å². The maximum Gasteiger partial charge on any atom is 0.326 e.